The number of hydrogen-bond donors (Lipinski definition) is 2. The van der Waals surface area contributed by atoms with E-state index in [9.17, 15) is 9.59 Å². The van der Waals surface area contributed by atoms with Gasteiger partial charge in [-0.05, 0) is 35.7 Å². The Kier molecular flexibility index (Phi) is 3.02. The Bertz CT molecular complexity index is 721. The lowest BCUT2D eigenvalue weighted by molar-refractivity contribution is 0.0734. The summed E-state index contributed by atoms with van der Waals surface area (Å²) in [6.45, 7) is 1.19. The van der Waals surface area contributed by atoms with Crippen LogP contribution in [-0.4, -0.2) is 22.3 Å². The zero-order valence-electron chi connectivity index (χ0n) is 10.9. The standard InChI is InChI=1S/C15H15N3O2/c16-13-2-1-10-4-6-18(9-12(10)7-13)15(20)11-3-5-17-14(19)8-11/h1-3,5,7-8H,4,6,9,16H2,(H,17,19). The summed E-state index contributed by atoms with van der Waals surface area (Å²) >= 11 is 0. The third-order valence-electron chi connectivity index (χ3n) is 3.55. The van der Waals surface area contributed by atoms with Crippen molar-refractivity contribution >= 4 is 11.6 Å². The minimum atomic E-state index is -0.266. The number of amides is 1. The summed E-state index contributed by atoms with van der Waals surface area (Å²) in [6, 6.07) is 8.76. The molecule has 0 saturated heterocycles. The second kappa shape index (κ2) is 4.85. The molecule has 1 amide bonds. The average Bonchev–Trinajstić information content (AvgIpc) is 2.45. The second-order valence-corrected chi connectivity index (χ2v) is 4.95. The van der Waals surface area contributed by atoms with Gasteiger partial charge in [0.1, 0.15) is 0 Å². The number of hydrogen-bond acceptors (Lipinski definition) is 3. The normalized spacial score (nSPS) is 13.9. The van der Waals surface area contributed by atoms with Crippen molar-refractivity contribution in [2.75, 3.05) is 12.3 Å². The maximum Gasteiger partial charge on any atom is 0.254 e. The summed E-state index contributed by atoms with van der Waals surface area (Å²) in [7, 11) is 0. The summed E-state index contributed by atoms with van der Waals surface area (Å²) in [4.78, 5) is 27.9. The van der Waals surface area contributed by atoms with Gasteiger partial charge in [0.2, 0.25) is 5.56 Å². The number of nitrogen functional groups attached to an aromatic ring is 1. The Morgan fingerprint density at radius 1 is 1.20 bits per heavy atom. The quantitative estimate of drug-likeness (QED) is 0.762. The number of carbonyl (C=O) groups is 1. The summed E-state index contributed by atoms with van der Waals surface area (Å²) < 4.78 is 0. The van der Waals surface area contributed by atoms with Crippen LogP contribution in [0.4, 0.5) is 5.69 Å². The number of nitrogens with zero attached hydrogens (tertiary/aromatic N) is 1. The number of rotatable bonds is 1. The predicted octanol–water partition coefficient (Wildman–Crippen LogP) is 1.16. The van der Waals surface area contributed by atoms with Crippen LogP contribution in [0, 0.1) is 0 Å². The number of anilines is 1. The summed E-state index contributed by atoms with van der Waals surface area (Å²) in [5, 5.41) is 0. The molecule has 0 atom stereocenters. The number of H-pyrrole nitrogens is 1. The van der Waals surface area contributed by atoms with Crippen molar-refractivity contribution in [2.24, 2.45) is 0 Å². The van der Waals surface area contributed by atoms with Gasteiger partial charge in [-0.15, -0.1) is 0 Å². The van der Waals surface area contributed by atoms with Gasteiger partial charge in [-0.2, -0.15) is 0 Å². The molecule has 0 radical (unpaired) electrons. The number of aromatic nitrogens is 1. The van der Waals surface area contributed by atoms with Crippen LogP contribution in [0.2, 0.25) is 0 Å². The van der Waals surface area contributed by atoms with Crippen LogP contribution >= 0.6 is 0 Å². The van der Waals surface area contributed by atoms with E-state index in [0.717, 1.165) is 12.0 Å². The molecular weight excluding hydrogens is 254 g/mol. The first-order chi connectivity index (χ1) is 9.63. The molecule has 3 N–H and O–H groups in total. The van der Waals surface area contributed by atoms with E-state index >= 15 is 0 Å². The summed E-state index contributed by atoms with van der Waals surface area (Å²) in [6.07, 6.45) is 2.30. The highest BCUT2D eigenvalue weighted by molar-refractivity contribution is 5.94. The highest BCUT2D eigenvalue weighted by Crippen LogP contribution is 2.22. The van der Waals surface area contributed by atoms with Gasteiger partial charge >= 0.3 is 0 Å². The van der Waals surface area contributed by atoms with E-state index < -0.39 is 0 Å². The van der Waals surface area contributed by atoms with Crippen molar-refractivity contribution in [1.29, 1.82) is 0 Å². The molecule has 0 spiro atoms. The molecule has 1 aromatic carbocycles. The van der Waals surface area contributed by atoms with Gasteiger partial charge in [-0.3, -0.25) is 9.59 Å². The Morgan fingerprint density at radius 2 is 2.05 bits per heavy atom. The van der Waals surface area contributed by atoms with E-state index in [-0.39, 0.29) is 11.5 Å². The number of carbonyl (C=O) groups excluding carboxylic acids is 1. The topological polar surface area (TPSA) is 79.2 Å². The zero-order chi connectivity index (χ0) is 14.1. The molecule has 5 nitrogen and oxygen atoms in total. The monoisotopic (exact) mass is 269 g/mol. The third kappa shape index (κ3) is 2.30. The Labute approximate surface area is 116 Å². The minimum absolute atomic E-state index is 0.121. The van der Waals surface area contributed by atoms with Gasteiger partial charge in [0.05, 0.1) is 0 Å². The minimum Gasteiger partial charge on any atom is -0.399 e. The van der Waals surface area contributed by atoms with Gasteiger partial charge in [0.25, 0.3) is 5.91 Å². The van der Waals surface area contributed by atoms with Crippen molar-refractivity contribution in [1.82, 2.24) is 9.88 Å². The smallest absolute Gasteiger partial charge is 0.254 e. The molecular formula is C15H15N3O2. The van der Waals surface area contributed by atoms with Crippen LogP contribution in [0.5, 0.6) is 0 Å². The molecule has 2 heterocycles. The van der Waals surface area contributed by atoms with Crippen LogP contribution < -0.4 is 11.3 Å². The first kappa shape index (κ1) is 12.5. The second-order valence-electron chi connectivity index (χ2n) is 4.95. The maximum atomic E-state index is 12.4. The van der Waals surface area contributed by atoms with Crippen LogP contribution in [-0.2, 0) is 13.0 Å². The number of fused-ring (bicyclic) bond motifs is 1. The fourth-order valence-electron chi connectivity index (χ4n) is 2.51. The third-order valence-corrected chi connectivity index (χ3v) is 3.55. The van der Waals surface area contributed by atoms with Crippen LogP contribution in [0.25, 0.3) is 0 Å². The molecule has 0 unspecified atom stereocenters. The van der Waals surface area contributed by atoms with E-state index in [1.54, 1.807) is 11.0 Å². The van der Waals surface area contributed by atoms with Crippen LogP contribution in [0.1, 0.15) is 21.5 Å². The van der Waals surface area contributed by atoms with E-state index in [2.05, 4.69) is 4.98 Å². The molecule has 102 valence electrons. The highest BCUT2D eigenvalue weighted by Gasteiger charge is 2.21. The van der Waals surface area contributed by atoms with E-state index in [1.807, 2.05) is 18.2 Å². The van der Waals surface area contributed by atoms with Crippen LogP contribution in [0.15, 0.2) is 41.3 Å². The fraction of sp³-hybridized carbons (Fsp3) is 0.200. The summed E-state index contributed by atoms with van der Waals surface area (Å²) in [5.74, 6) is -0.121. The number of pyridine rings is 1. The van der Waals surface area contributed by atoms with Crippen molar-refractivity contribution in [3.05, 3.63) is 63.6 Å². The van der Waals surface area contributed by atoms with Crippen LogP contribution in [0.3, 0.4) is 0 Å². The first-order valence-electron chi connectivity index (χ1n) is 6.49. The molecule has 0 aliphatic carbocycles. The molecule has 1 aromatic heterocycles. The average molecular weight is 269 g/mol. The molecule has 2 aromatic rings. The summed E-state index contributed by atoms with van der Waals surface area (Å²) in [5.41, 5.74) is 8.95. The lowest BCUT2D eigenvalue weighted by atomic mass is 9.98. The van der Waals surface area contributed by atoms with Gasteiger partial charge < -0.3 is 15.6 Å². The number of nitrogens with two attached hydrogens (primary N) is 1. The van der Waals surface area contributed by atoms with Gasteiger partial charge in [0, 0.05) is 36.6 Å². The predicted molar refractivity (Wildman–Crippen MR) is 76.4 cm³/mol. The van der Waals surface area contributed by atoms with Crippen molar-refractivity contribution in [3.8, 4) is 0 Å². The maximum absolute atomic E-state index is 12.4. The largest absolute Gasteiger partial charge is 0.399 e. The zero-order valence-corrected chi connectivity index (χ0v) is 10.9. The lowest BCUT2D eigenvalue weighted by Crippen LogP contribution is -2.36. The molecule has 3 rings (SSSR count). The Hall–Kier alpha value is -2.56. The molecule has 20 heavy (non-hydrogen) atoms. The molecule has 1 aliphatic heterocycles. The fourth-order valence-corrected chi connectivity index (χ4v) is 2.51. The Balaban J connectivity index is 1.86. The van der Waals surface area contributed by atoms with Gasteiger partial charge in [-0.1, -0.05) is 6.07 Å². The number of aromatic amines is 1. The van der Waals surface area contributed by atoms with Gasteiger partial charge in [-0.25, -0.2) is 0 Å². The Morgan fingerprint density at radius 3 is 2.85 bits per heavy atom. The van der Waals surface area contributed by atoms with Crippen molar-refractivity contribution in [3.63, 3.8) is 0 Å². The van der Waals surface area contributed by atoms with E-state index in [4.69, 9.17) is 5.73 Å². The number of nitrogens with one attached hydrogen (secondary N) is 1. The molecule has 0 fully saturated rings. The van der Waals surface area contributed by atoms with E-state index in [1.165, 1.54) is 17.8 Å². The molecule has 1 aliphatic rings. The van der Waals surface area contributed by atoms with Crippen molar-refractivity contribution in [2.45, 2.75) is 13.0 Å². The molecule has 0 bridgehead atoms. The SMILES string of the molecule is Nc1ccc2c(c1)CN(C(=O)c1cc[nH]c(=O)c1)CC2. The molecule has 0 saturated carbocycles. The van der Waals surface area contributed by atoms with Gasteiger partial charge in [0.15, 0.2) is 0 Å². The number of benzene rings is 1. The first-order valence-corrected chi connectivity index (χ1v) is 6.49. The lowest BCUT2D eigenvalue weighted by Gasteiger charge is -2.29. The molecule has 5 heteroatoms. The highest BCUT2D eigenvalue weighted by atomic mass is 16.2. The van der Waals surface area contributed by atoms with E-state index in [0.29, 0.717) is 24.3 Å². The van der Waals surface area contributed by atoms with Crippen molar-refractivity contribution < 1.29 is 4.79 Å².